The predicted octanol–water partition coefficient (Wildman–Crippen LogP) is 2.89. The van der Waals surface area contributed by atoms with Gasteiger partial charge >= 0.3 is 0 Å². The third-order valence-electron chi connectivity index (χ3n) is 4.52. The lowest BCUT2D eigenvalue weighted by molar-refractivity contribution is -0.139. The molecular weight excluding hydrogens is 353 g/mol. The zero-order chi connectivity index (χ0) is 19.7. The molecule has 0 aliphatic carbocycles. The van der Waals surface area contributed by atoms with Crippen LogP contribution in [-0.2, 0) is 9.59 Å². The number of carbonyl (C=O) groups is 2. The van der Waals surface area contributed by atoms with Crippen LogP contribution in [0.3, 0.4) is 0 Å². The Morgan fingerprint density at radius 1 is 1.04 bits per heavy atom. The van der Waals surface area contributed by atoms with Crippen LogP contribution in [0.2, 0.25) is 0 Å². The SMILES string of the molecule is COc1ccc(/C(O)=C2/C(=O)C(=O)N(C)C2c2ccc(F)cc2)cc1OC. The summed E-state index contributed by atoms with van der Waals surface area (Å²) in [6.45, 7) is 0. The maximum absolute atomic E-state index is 13.3. The molecule has 1 fully saturated rings. The number of carbonyl (C=O) groups excluding carboxylic acids is 2. The van der Waals surface area contributed by atoms with Crippen molar-refractivity contribution in [1.82, 2.24) is 4.90 Å². The second kappa shape index (κ2) is 7.11. The van der Waals surface area contributed by atoms with E-state index < -0.39 is 23.5 Å². The molecule has 2 aromatic carbocycles. The maximum atomic E-state index is 13.3. The largest absolute Gasteiger partial charge is 0.507 e. The summed E-state index contributed by atoms with van der Waals surface area (Å²) in [7, 11) is 4.39. The topological polar surface area (TPSA) is 76.1 Å². The van der Waals surface area contributed by atoms with Crippen molar-refractivity contribution in [2.75, 3.05) is 21.3 Å². The van der Waals surface area contributed by atoms with E-state index in [0.29, 0.717) is 22.6 Å². The number of aliphatic hydroxyl groups is 1. The third-order valence-corrected chi connectivity index (χ3v) is 4.52. The van der Waals surface area contributed by atoms with Crippen LogP contribution in [0.1, 0.15) is 17.2 Å². The fraction of sp³-hybridized carbons (Fsp3) is 0.200. The molecule has 2 aromatic rings. The van der Waals surface area contributed by atoms with Gasteiger partial charge in [-0.15, -0.1) is 0 Å². The summed E-state index contributed by atoms with van der Waals surface area (Å²) in [5.74, 6) is -1.50. The van der Waals surface area contributed by atoms with Crippen molar-refractivity contribution in [2.45, 2.75) is 6.04 Å². The van der Waals surface area contributed by atoms with Crippen LogP contribution < -0.4 is 9.47 Å². The van der Waals surface area contributed by atoms with E-state index in [9.17, 15) is 19.1 Å². The quantitative estimate of drug-likeness (QED) is 0.508. The number of Topliss-reactive ketones (excluding diaryl/α,β-unsaturated/α-hetero) is 1. The van der Waals surface area contributed by atoms with Crippen molar-refractivity contribution in [2.24, 2.45) is 0 Å². The van der Waals surface area contributed by atoms with E-state index in [1.165, 1.54) is 56.5 Å². The van der Waals surface area contributed by atoms with Crippen molar-refractivity contribution in [3.8, 4) is 11.5 Å². The maximum Gasteiger partial charge on any atom is 0.295 e. The Labute approximate surface area is 155 Å². The number of ketones is 1. The van der Waals surface area contributed by atoms with Gasteiger partial charge in [0.05, 0.1) is 25.8 Å². The van der Waals surface area contributed by atoms with Gasteiger partial charge in [0.15, 0.2) is 11.5 Å². The van der Waals surface area contributed by atoms with Crippen LogP contribution in [0.15, 0.2) is 48.0 Å². The monoisotopic (exact) mass is 371 g/mol. The van der Waals surface area contributed by atoms with Crippen molar-refractivity contribution < 1.29 is 28.6 Å². The lowest BCUT2D eigenvalue weighted by Gasteiger charge is -2.21. The average Bonchev–Trinajstić information content (AvgIpc) is 2.91. The molecule has 1 amide bonds. The number of amides is 1. The molecule has 1 aliphatic rings. The number of methoxy groups -OCH3 is 2. The molecule has 7 heteroatoms. The van der Waals surface area contributed by atoms with Crippen LogP contribution >= 0.6 is 0 Å². The van der Waals surface area contributed by atoms with E-state index in [1.54, 1.807) is 12.1 Å². The summed E-state index contributed by atoms with van der Waals surface area (Å²) in [4.78, 5) is 26.0. The van der Waals surface area contributed by atoms with Crippen molar-refractivity contribution in [1.29, 1.82) is 0 Å². The summed E-state index contributed by atoms with van der Waals surface area (Å²) in [6, 6.07) is 9.26. The van der Waals surface area contributed by atoms with E-state index >= 15 is 0 Å². The van der Waals surface area contributed by atoms with Gasteiger partial charge in [-0.25, -0.2) is 4.39 Å². The number of benzene rings is 2. The second-order valence-corrected chi connectivity index (χ2v) is 6.03. The fourth-order valence-electron chi connectivity index (χ4n) is 3.12. The average molecular weight is 371 g/mol. The number of rotatable bonds is 4. The Hall–Kier alpha value is -3.35. The molecule has 1 N–H and O–H groups in total. The number of ether oxygens (including phenoxy) is 2. The van der Waals surface area contributed by atoms with Gasteiger partial charge < -0.3 is 19.5 Å². The summed E-state index contributed by atoms with van der Waals surface area (Å²) in [5.41, 5.74) is 0.743. The van der Waals surface area contributed by atoms with E-state index in [2.05, 4.69) is 0 Å². The highest BCUT2D eigenvalue weighted by molar-refractivity contribution is 6.46. The molecule has 0 aromatic heterocycles. The number of hydrogen-bond donors (Lipinski definition) is 1. The highest BCUT2D eigenvalue weighted by Crippen LogP contribution is 2.39. The molecule has 6 nitrogen and oxygen atoms in total. The molecule has 1 unspecified atom stereocenters. The first kappa shape index (κ1) is 18.4. The predicted molar refractivity (Wildman–Crippen MR) is 96.0 cm³/mol. The summed E-state index contributed by atoms with van der Waals surface area (Å²) in [6.07, 6.45) is 0. The number of halogens is 1. The van der Waals surface area contributed by atoms with Crippen LogP contribution in [0, 0.1) is 5.82 Å². The molecule has 0 radical (unpaired) electrons. The van der Waals surface area contributed by atoms with Crippen LogP contribution in [0.25, 0.3) is 5.76 Å². The van der Waals surface area contributed by atoms with E-state index in [4.69, 9.17) is 9.47 Å². The first-order valence-corrected chi connectivity index (χ1v) is 8.11. The zero-order valence-electron chi connectivity index (χ0n) is 15.0. The molecule has 27 heavy (non-hydrogen) atoms. The van der Waals surface area contributed by atoms with Gasteiger partial charge in [0.25, 0.3) is 11.7 Å². The minimum atomic E-state index is -0.821. The lowest BCUT2D eigenvalue weighted by Crippen LogP contribution is -2.24. The summed E-state index contributed by atoms with van der Waals surface area (Å²) < 4.78 is 23.7. The first-order valence-electron chi connectivity index (χ1n) is 8.11. The van der Waals surface area contributed by atoms with Crippen LogP contribution in [0.4, 0.5) is 4.39 Å². The van der Waals surface area contributed by atoms with Crippen molar-refractivity contribution in [3.05, 3.63) is 65.0 Å². The molecule has 3 rings (SSSR count). The van der Waals surface area contributed by atoms with E-state index in [-0.39, 0.29) is 11.3 Å². The molecule has 0 bridgehead atoms. The molecule has 1 saturated heterocycles. The van der Waals surface area contributed by atoms with Gasteiger partial charge in [0.2, 0.25) is 0 Å². The van der Waals surface area contributed by atoms with Gasteiger partial charge in [0.1, 0.15) is 11.6 Å². The highest BCUT2D eigenvalue weighted by Gasteiger charge is 2.44. The number of likely N-dealkylation sites (N-methyl/N-ethyl adjacent to an activating group) is 1. The molecule has 1 atom stereocenters. The fourth-order valence-corrected chi connectivity index (χ4v) is 3.12. The molecule has 140 valence electrons. The van der Waals surface area contributed by atoms with Gasteiger partial charge in [-0.3, -0.25) is 9.59 Å². The van der Waals surface area contributed by atoms with Crippen molar-refractivity contribution in [3.63, 3.8) is 0 Å². The Bertz CT molecular complexity index is 936. The van der Waals surface area contributed by atoms with Crippen LogP contribution in [-0.4, -0.2) is 43.0 Å². The van der Waals surface area contributed by atoms with E-state index in [0.717, 1.165) is 0 Å². The summed E-state index contributed by atoms with van der Waals surface area (Å²) in [5, 5.41) is 10.8. The lowest BCUT2D eigenvalue weighted by atomic mass is 9.95. The first-order chi connectivity index (χ1) is 12.9. The van der Waals surface area contributed by atoms with Gasteiger partial charge in [-0.2, -0.15) is 0 Å². The zero-order valence-corrected chi connectivity index (χ0v) is 15.0. The van der Waals surface area contributed by atoms with E-state index in [1.807, 2.05) is 0 Å². The van der Waals surface area contributed by atoms with Crippen molar-refractivity contribution >= 4 is 17.4 Å². The molecule has 1 heterocycles. The smallest absolute Gasteiger partial charge is 0.295 e. The second-order valence-electron chi connectivity index (χ2n) is 6.03. The number of likely N-dealkylation sites (tertiary alicyclic amines) is 1. The normalized spacial score (nSPS) is 18.7. The third kappa shape index (κ3) is 3.12. The Morgan fingerprint density at radius 2 is 1.67 bits per heavy atom. The van der Waals surface area contributed by atoms with Gasteiger partial charge in [0, 0.05) is 12.6 Å². The number of aliphatic hydroxyl groups excluding tert-OH is 1. The highest BCUT2D eigenvalue weighted by atomic mass is 19.1. The molecule has 1 aliphatic heterocycles. The van der Waals surface area contributed by atoms with Crippen LogP contribution in [0.5, 0.6) is 11.5 Å². The minimum absolute atomic E-state index is 0.0682. The Kier molecular flexibility index (Phi) is 4.85. The minimum Gasteiger partial charge on any atom is -0.507 e. The van der Waals surface area contributed by atoms with Gasteiger partial charge in [-0.05, 0) is 35.9 Å². The molecule has 0 spiro atoms. The number of hydrogen-bond acceptors (Lipinski definition) is 5. The Morgan fingerprint density at radius 3 is 2.26 bits per heavy atom. The Balaban J connectivity index is 2.16. The standard InChI is InChI=1S/C20H18FNO5/c1-22-17(11-4-7-13(21)8-5-11)16(19(24)20(22)25)18(23)12-6-9-14(26-2)15(10-12)27-3/h4-10,17,23H,1-3H3/b18-16-. The molecule has 0 saturated carbocycles. The van der Waals surface area contributed by atoms with Gasteiger partial charge in [-0.1, -0.05) is 12.1 Å². The number of nitrogens with zero attached hydrogens (tertiary/aromatic N) is 1. The molecular formula is C20H18FNO5. The summed E-state index contributed by atoms with van der Waals surface area (Å²) >= 11 is 0.